The number of hydrogen-bond donors (Lipinski definition) is 1. The molecule has 0 saturated heterocycles. The van der Waals surface area contributed by atoms with E-state index in [0.717, 1.165) is 6.07 Å². The lowest BCUT2D eigenvalue weighted by Crippen LogP contribution is -2.10. The van der Waals surface area contributed by atoms with Crippen LogP contribution in [-0.2, 0) is 10.9 Å². The second kappa shape index (κ2) is 4.38. The van der Waals surface area contributed by atoms with Crippen LogP contribution in [0.3, 0.4) is 0 Å². The van der Waals surface area contributed by atoms with E-state index in [1.807, 2.05) is 0 Å². The zero-order valence-corrected chi connectivity index (χ0v) is 9.65. The Kier molecular flexibility index (Phi) is 3.01. The number of nitrogens with zero attached hydrogens (tertiary/aromatic N) is 2. The maximum Gasteiger partial charge on any atom is 0.434 e. The first-order valence-corrected chi connectivity index (χ1v) is 5.04. The minimum absolute atomic E-state index is 0.0204. The van der Waals surface area contributed by atoms with Gasteiger partial charge < -0.3 is 10.5 Å². The summed E-state index contributed by atoms with van der Waals surface area (Å²) in [6.45, 7) is 0. The number of halogens is 3. The Morgan fingerprint density at radius 2 is 2.00 bits per heavy atom. The Morgan fingerprint density at radius 1 is 1.32 bits per heavy atom. The molecule has 0 fully saturated rings. The largest absolute Gasteiger partial charge is 0.465 e. The van der Waals surface area contributed by atoms with E-state index in [1.165, 1.54) is 13.2 Å². The predicted octanol–water partition coefficient (Wildman–Crippen LogP) is 2.02. The molecule has 100 valence electrons. The zero-order valence-electron chi connectivity index (χ0n) is 9.65. The van der Waals surface area contributed by atoms with Crippen LogP contribution in [0, 0.1) is 0 Å². The molecule has 8 heteroatoms. The number of nitrogens with two attached hydrogens (primary N) is 1. The molecule has 1 aromatic carbocycles. The summed E-state index contributed by atoms with van der Waals surface area (Å²) >= 11 is 0. The lowest BCUT2D eigenvalue weighted by Gasteiger charge is -2.08. The van der Waals surface area contributed by atoms with Gasteiger partial charge in [0, 0.05) is 5.69 Å². The van der Waals surface area contributed by atoms with E-state index in [4.69, 9.17) is 5.73 Å². The average molecular weight is 271 g/mol. The van der Waals surface area contributed by atoms with Gasteiger partial charge in [-0.05, 0) is 12.1 Å². The van der Waals surface area contributed by atoms with Crippen molar-refractivity contribution in [3.63, 3.8) is 0 Å². The molecule has 0 saturated carbocycles. The number of esters is 1. The SMILES string of the molecule is COC(=O)c1cc2ncc(C(F)(F)F)nc2cc1N. The van der Waals surface area contributed by atoms with Gasteiger partial charge in [0.25, 0.3) is 0 Å². The molecular weight excluding hydrogens is 263 g/mol. The standard InChI is InChI=1S/C11H8F3N3O2/c1-19-10(18)5-2-7-8(3-6(5)15)17-9(4-16-7)11(12,13)14/h2-4H,15H2,1H3. The van der Waals surface area contributed by atoms with Gasteiger partial charge in [0.15, 0.2) is 5.69 Å². The lowest BCUT2D eigenvalue weighted by atomic mass is 10.1. The van der Waals surface area contributed by atoms with Gasteiger partial charge in [-0.25, -0.2) is 9.78 Å². The molecule has 2 rings (SSSR count). The number of benzene rings is 1. The lowest BCUT2D eigenvalue weighted by molar-refractivity contribution is -0.141. The molecule has 0 aliphatic heterocycles. The molecule has 0 unspecified atom stereocenters. The monoisotopic (exact) mass is 271 g/mol. The molecule has 0 bridgehead atoms. The van der Waals surface area contributed by atoms with E-state index in [9.17, 15) is 18.0 Å². The number of aromatic nitrogens is 2. The fourth-order valence-electron chi connectivity index (χ4n) is 1.50. The highest BCUT2D eigenvalue weighted by molar-refractivity contribution is 5.99. The fraction of sp³-hybridized carbons (Fsp3) is 0.182. The topological polar surface area (TPSA) is 78.1 Å². The number of hydrogen-bond acceptors (Lipinski definition) is 5. The molecule has 19 heavy (non-hydrogen) atoms. The van der Waals surface area contributed by atoms with Gasteiger partial charge >= 0.3 is 12.1 Å². The van der Waals surface area contributed by atoms with Crippen molar-refractivity contribution in [2.24, 2.45) is 0 Å². The number of carbonyl (C=O) groups is 1. The Morgan fingerprint density at radius 3 is 2.58 bits per heavy atom. The number of nitrogen functional groups attached to an aromatic ring is 1. The molecular formula is C11H8F3N3O2. The normalized spacial score (nSPS) is 11.6. The quantitative estimate of drug-likeness (QED) is 0.634. The van der Waals surface area contributed by atoms with Crippen LogP contribution >= 0.6 is 0 Å². The molecule has 2 aromatic rings. The van der Waals surface area contributed by atoms with Gasteiger partial charge in [0.05, 0.1) is 29.9 Å². The van der Waals surface area contributed by atoms with Gasteiger partial charge in [-0.3, -0.25) is 4.98 Å². The second-order valence-electron chi connectivity index (χ2n) is 3.67. The summed E-state index contributed by atoms with van der Waals surface area (Å²) in [6, 6.07) is 2.40. The summed E-state index contributed by atoms with van der Waals surface area (Å²) in [5.41, 5.74) is 4.55. The number of alkyl halides is 3. The summed E-state index contributed by atoms with van der Waals surface area (Å²) in [5, 5.41) is 0. The molecule has 1 heterocycles. The second-order valence-corrected chi connectivity index (χ2v) is 3.67. The van der Waals surface area contributed by atoms with E-state index >= 15 is 0 Å². The summed E-state index contributed by atoms with van der Waals surface area (Å²) in [5.74, 6) is -0.693. The van der Waals surface area contributed by atoms with Crippen molar-refractivity contribution in [3.05, 3.63) is 29.6 Å². The third-order valence-corrected chi connectivity index (χ3v) is 2.41. The van der Waals surface area contributed by atoms with Crippen LogP contribution in [0.25, 0.3) is 11.0 Å². The van der Waals surface area contributed by atoms with Gasteiger partial charge in [0.2, 0.25) is 0 Å². The molecule has 0 aliphatic rings. The van der Waals surface area contributed by atoms with Gasteiger partial charge in [-0.2, -0.15) is 13.2 Å². The summed E-state index contributed by atoms with van der Waals surface area (Å²) in [6.07, 6.45) is -3.99. The zero-order chi connectivity index (χ0) is 14.2. The number of rotatable bonds is 1. The fourth-order valence-corrected chi connectivity index (χ4v) is 1.50. The van der Waals surface area contributed by atoms with Crippen molar-refractivity contribution in [1.29, 1.82) is 0 Å². The molecule has 0 aliphatic carbocycles. The number of carbonyl (C=O) groups excluding carboxylic acids is 1. The third kappa shape index (κ3) is 2.42. The van der Waals surface area contributed by atoms with E-state index in [1.54, 1.807) is 0 Å². The van der Waals surface area contributed by atoms with Crippen molar-refractivity contribution in [1.82, 2.24) is 9.97 Å². The van der Waals surface area contributed by atoms with E-state index in [-0.39, 0.29) is 22.3 Å². The van der Waals surface area contributed by atoms with Crippen LogP contribution in [0.2, 0.25) is 0 Å². The summed E-state index contributed by atoms with van der Waals surface area (Å²) < 4.78 is 41.9. The van der Waals surface area contributed by atoms with Crippen LogP contribution in [0.15, 0.2) is 18.3 Å². The number of methoxy groups -OCH3 is 1. The minimum atomic E-state index is -4.59. The Balaban J connectivity index is 2.62. The smallest absolute Gasteiger partial charge is 0.434 e. The Bertz CT molecular complexity index is 655. The Hall–Kier alpha value is -2.38. The first-order chi connectivity index (χ1) is 8.82. The van der Waals surface area contributed by atoms with Crippen LogP contribution in [0.4, 0.5) is 18.9 Å². The highest BCUT2D eigenvalue weighted by Gasteiger charge is 2.33. The number of ether oxygens (including phenoxy) is 1. The van der Waals surface area contributed by atoms with Crippen molar-refractivity contribution >= 4 is 22.7 Å². The Labute approximate surface area is 105 Å². The van der Waals surface area contributed by atoms with E-state index < -0.39 is 17.8 Å². The van der Waals surface area contributed by atoms with Gasteiger partial charge in [0.1, 0.15) is 0 Å². The maximum atomic E-state index is 12.5. The molecule has 2 N–H and O–H groups in total. The minimum Gasteiger partial charge on any atom is -0.465 e. The van der Waals surface area contributed by atoms with Gasteiger partial charge in [-0.15, -0.1) is 0 Å². The van der Waals surface area contributed by atoms with Crippen molar-refractivity contribution in [2.75, 3.05) is 12.8 Å². The van der Waals surface area contributed by atoms with Crippen LogP contribution in [-0.4, -0.2) is 23.0 Å². The number of fused-ring (bicyclic) bond motifs is 1. The van der Waals surface area contributed by atoms with E-state index in [2.05, 4.69) is 14.7 Å². The molecule has 0 radical (unpaired) electrons. The maximum absolute atomic E-state index is 12.5. The van der Waals surface area contributed by atoms with Crippen molar-refractivity contribution in [3.8, 4) is 0 Å². The summed E-state index contributed by atoms with van der Waals surface area (Å²) in [7, 11) is 1.17. The molecule has 1 aromatic heterocycles. The van der Waals surface area contributed by atoms with Crippen LogP contribution < -0.4 is 5.73 Å². The predicted molar refractivity (Wildman–Crippen MR) is 60.3 cm³/mol. The molecule has 0 amide bonds. The first-order valence-electron chi connectivity index (χ1n) is 5.04. The van der Waals surface area contributed by atoms with Crippen LogP contribution in [0.1, 0.15) is 16.1 Å². The average Bonchev–Trinajstić information content (AvgIpc) is 2.35. The number of anilines is 1. The van der Waals surface area contributed by atoms with Crippen molar-refractivity contribution < 1.29 is 22.7 Å². The van der Waals surface area contributed by atoms with Gasteiger partial charge in [-0.1, -0.05) is 0 Å². The van der Waals surface area contributed by atoms with E-state index in [0.29, 0.717) is 6.20 Å². The molecule has 0 spiro atoms. The highest BCUT2D eigenvalue weighted by Crippen LogP contribution is 2.29. The van der Waals surface area contributed by atoms with Crippen molar-refractivity contribution in [2.45, 2.75) is 6.18 Å². The molecule has 5 nitrogen and oxygen atoms in total. The summed E-state index contributed by atoms with van der Waals surface area (Å²) in [4.78, 5) is 18.4. The third-order valence-electron chi connectivity index (χ3n) is 2.41. The van der Waals surface area contributed by atoms with Crippen LogP contribution in [0.5, 0.6) is 0 Å². The highest BCUT2D eigenvalue weighted by atomic mass is 19.4. The molecule has 0 atom stereocenters. The first kappa shape index (κ1) is 13.1.